The van der Waals surface area contributed by atoms with Gasteiger partial charge in [-0.05, 0) is 42.4 Å². The van der Waals surface area contributed by atoms with Gasteiger partial charge >= 0.3 is 0 Å². The average molecular weight is 245 g/mol. The van der Waals surface area contributed by atoms with E-state index in [1.165, 1.54) is 75.5 Å². The van der Waals surface area contributed by atoms with E-state index in [0.29, 0.717) is 11.8 Å². The molecule has 2 aliphatic carbocycles. The predicted molar refractivity (Wildman–Crippen MR) is 71.5 cm³/mol. The third kappa shape index (κ3) is 2.55. The van der Waals surface area contributed by atoms with E-state index in [9.17, 15) is 0 Å². The lowest BCUT2D eigenvalue weighted by atomic mass is 9.79. The van der Waals surface area contributed by atoms with E-state index in [0.717, 1.165) is 0 Å². The van der Waals surface area contributed by atoms with Crippen molar-refractivity contribution in [2.75, 3.05) is 0 Å². The molecule has 0 radical (unpaired) electrons. The topological polar surface area (TPSA) is 38.7 Å². The molecule has 98 valence electrons. The van der Waals surface area contributed by atoms with Gasteiger partial charge in [0.15, 0.2) is 0 Å². The molecule has 18 heavy (non-hydrogen) atoms. The third-order valence-electron chi connectivity index (χ3n) is 4.73. The van der Waals surface area contributed by atoms with E-state index in [1.54, 1.807) is 0 Å². The molecule has 1 aromatic heterocycles. The maximum absolute atomic E-state index is 4.42. The fourth-order valence-corrected chi connectivity index (χ4v) is 3.71. The molecule has 2 aliphatic rings. The van der Waals surface area contributed by atoms with Crippen molar-refractivity contribution < 1.29 is 0 Å². The van der Waals surface area contributed by atoms with Gasteiger partial charge in [0.25, 0.3) is 0 Å². The van der Waals surface area contributed by atoms with Gasteiger partial charge in [-0.25, -0.2) is 0 Å². The minimum absolute atomic E-state index is 0.658. The predicted octanol–water partition coefficient (Wildman–Crippen LogP) is 3.97. The van der Waals surface area contributed by atoms with E-state index in [4.69, 9.17) is 0 Å². The van der Waals surface area contributed by atoms with E-state index in [-0.39, 0.29) is 0 Å². The number of rotatable bonds is 2. The molecule has 0 unspecified atom stereocenters. The summed E-state index contributed by atoms with van der Waals surface area (Å²) in [5, 5.41) is 12.4. The summed E-state index contributed by atoms with van der Waals surface area (Å²) in [7, 11) is 0. The zero-order valence-electron chi connectivity index (χ0n) is 11.1. The molecule has 1 aromatic rings. The lowest BCUT2D eigenvalue weighted by molar-refractivity contribution is 0.407. The lowest BCUT2D eigenvalue weighted by Crippen LogP contribution is -2.15. The first-order valence-electron chi connectivity index (χ1n) is 7.63. The monoisotopic (exact) mass is 245 g/mol. The van der Waals surface area contributed by atoms with Gasteiger partial charge in [0.2, 0.25) is 0 Å². The molecule has 0 saturated heterocycles. The van der Waals surface area contributed by atoms with Crippen LogP contribution in [0.15, 0.2) is 6.20 Å². The van der Waals surface area contributed by atoms with Gasteiger partial charge in [0.05, 0.1) is 11.9 Å². The molecule has 0 aromatic carbocycles. The van der Waals surface area contributed by atoms with E-state index in [2.05, 4.69) is 15.4 Å². The Labute approximate surface area is 109 Å². The zero-order valence-corrected chi connectivity index (χ0v) is 11.1. The fraction of sp³-hybridized carbons (Fsp3) is 0.800. The largest absolute Gasteiger partial charge is 0.138 e. The first kappa shape index (κ1) is 12.1. The van der Waals surface area contributed by atoms with E-state index < -0.39 is 0 Å². The van der Waals surface area contributed by atoms with Crippen LogP contribution in [0.5, 0.6) is 0 Å². The molecule has 3 rings (SSSR count). The summed E-state index contributed by atoms with van der Waals surface area (Å²) in [6, 6.07) is 0. The molecule has 0 aliphatic heterocycles. The van der Waals surface area contributed by atoms with Gasteiger partial charge in [-0.3, -0.25) is 0 Å². The summed E-state index contributed by atoms with van der Waals surface area (Å²) >= 11 is 0. The van der Waals surface area contributed by atoms with Crippen LogP contribution in [-0.2, 0) is 0 Å². The van der Waals surface area contributed by atoms with Crippen molar-refractivity contribution in [3.05, 3.63) is 17.5 Å². The Kier molecular flexibility index (Phi) is 3.87. The zero-order chi connectivity index (χ0) is 12.2. The normalized spacial score (nSPS) is 23.1. The van der Waals surface area contributed by atoms with E-state index >= 15 is 0 Å². The first-order chi connectivity index (χ1) is 8.95. The molecule has 1 heterocycles. The quantitative estimate of drug-likeness (QED) is 0.791. The Morgan fingerprint density at radius 3 is 2.06 bits per heavy atom. The highest BCUT2D eigenvalue weighted by molar-refractivity contribution is 5.24. The smallest absolute Gasteiger partial charge is 0.0730 e. The Bertz CT molecular complexity index is 342. The summed E-state index contributed by atoms with van der Waals surface area (Å²) in [5.41, 5.74) is 2.72. The second-order valence-corrected chi connectivity index (χ2v) is 5.94. The van der Waals surface area contributed by atoms with Gasteiger partial charge in [0, 0.05) is 5.92 Å². The summed E-state index contributed by atoms with van der Waals surface area (Å²) in [6.07, 6.45) is 15.5. The third-order valence-corrected chi connectivity index (χ3v) is 4.73. The van der Waals surface area contributed by atoms with Gasteiger partial charge < -0.3 is 0 Å². The fourth-order valence-electron chi connectivity index (χ4n) is 3.71. The molecule has 2 fully saturated rings. The van der Waals surface area contributed by atoms with Crippen LogP contribution in [-0.4, -0.2) is 15.4 Å². The molecule has 3 heteroatoms. The second-order valence-electron chi connectivity index (χ2n) is 5.94. The van der Waals surface area contributed by atoms with Crippen molar-refractivity contribution in [3.8, 4) is 0 Å². The molecular weight excluding hydrogens is 222 g/mol. The van der Waals surface area contributed by atoms with Crippen LogP contribution >= 0.6 is 0 Å². The number of nitrogens with zero attached hydrogens (tertiary/aromatic N) is 3. The van der Waals surface area contributed by atoms with Gasteiger partial charge in [-0.2, -0.15) is 0 Å². The Hall–Kier alpha value is -0.990. The Balaban J connectivity index is 1.83. The molecule has 0 bridgehead atoms. The number of hydrogen-bond acceptors (Lipinski definition) is 3. The van der Waals surface area contributed by atoms with Crippen LogP contribution in [0.2, 0.25) is 0 Å². The van der Waals surface area contributed by atoms with Crippen LogP contribution in [0, 0.1) is 0 Å². The van der Waals surface area contributed by atoms with Crippen LogP contribution in [0.1, 0.15) is 87.3 Å². The second kappa shape index (κ2) is 5.77. The van der Waals surface area contributed by atoms with Crippen molar-refractivity contribution in [2.24, 2.45) is 0 Å². The molecular formula is C15H23N3. The molecule has 0 N–H and O–H groups in total. The van der Waals surface area contributed by atoms with Crippen LogP contribution in [0.25, 0.3) is 0 Å². The first-order valence-corrected chi connectivity index (χ1v) is 7.63. The summed E-state index contributed by atoms with van der Waals surface area (Å²) in [4.78, 5) is 0. The van der Waals surface area contributed by atoms with Gasteiger partial charge in [-0.15, -0.1) is 10.2 Å². The Morgan fingerprint density at radius 2 is 1.39 bits per heavy atom. The van der Waals surface area contributed by atoms with Crippen molar-refractivity contribution in [2.45, 2.75) is 76.0 Å². The summed E-state index contributed by atoms with van der Waals surface area (Å²) in [6.45, 7) is 0. The SMILES string of the molecule is c1nnnc(C2CCCCC2)c1C1CCCCC1. The highest BCUT2D eigenvalue weighted by Gasteiger charge is 2.25. The maximum atomic E-state index is 4.42. The molecule has 3 nitrogen and oxygen atoms in total. The maximum Gasteiger partial charge on any atom is 0.0730 e. The minimum atomic E-state index is 0.658. The van der Waals surface area contributed by atoms with E-state index in [1.807, 2.05) is 6.20 Å². The highest BCUT2D eigenvalue weighted by Crippen LogP contribution is 2.39. The van der Waals surface area contributed by atoms with Crippen molar-refractivity contribution >= 4 is 0 Å². The van der Waals surface area contributed by atoms with Crippen LogP contribution in [0.4, 0.5) is 0 Å². The number of hydrogen-bond donors (Lipinski definition) is 0. The van der Waals surface area contributed by atoms with Crippen molar-refractivity contribution in [1.29, 1.82) is 0 Å². The standard InChI is InChI=1S/C15H23N3/c1-3-7-12(8-4-1)14-11-16-18-17-15(14)13-9-5-2-6-10-13/h11-13H,1-10H2. The highest BCUT2D eigenvalue weighted by atomic mass is 15.3. The van der Waals surface area contributed by atoms with Gasteiger partial charge in [-0.1, -0.05) is 38.5 Å². The minimum Gasteiger partial charge on any atom is -0.138 e. The summed E-state index contributed by atoms with van der Waals surface area (Å²) in [5.74, 6) is 1.37. The summed E-state index contributed by atoms with van der Waals surface area (Å²) < 4.78 is 0. The van der Waals surface area contributed by atoms with Crippen LogP contribution < -0.4 is 0 Å². The van der Waals surface area contributed by atoms with Gasteiger partial charge in [0.1, 0.15) is 0 Å². The van der Waals surface area contributed by atoms with Crippen molar-refractivity contribution in [3.63, 3.8) is 0 Å². The van der Waals surface area contributed by atoms with Crippen LogP contribution in [0.3, 0.4) is 0 Å². The Morgan fingerprint density at radius 1 is 0.778 bits per heavy atom. The molecule has 0 amide bonds. The molecule has 0 spiro atoms. The number of aromatic nitrogens is 3. The van der Waals surface area contributed by atoms with Crippen molar-refractivity contribution in [1.82, 2.24) is 15.4 Å². The molecule has 0 atom stereocenters. The average Bonchev–Trinajstić information content (AvgIpc) is 2.49. The molecule has 2 saturated carbocycles. The lowest BCUT2D eigenvalue weighted by Gasteiger charge is -2.27.